The Bertz CT molecular complexity index is 821. The molecule has 0 bridgehead atoms. The Morgan fingerprint density at radius 3 is 3.05 bits per heavy atom. The van der Waals surface area contributed by atoms with Crippen LogP contribution in [-0.2, 0) is 0 Å². The second-order valence-corrected chi connectivity index (χ2v) is 4.55. The minimum Gasteiger partial charge on any atom is -0.469 e. The monoisotopic (exact) mass is 279 g/mol. The molecular formula is C16H13N3O2. The second kappa shape index (κ2) is 5.58. The Kier molecular flexibility index (Phi) is 3.47. The third-order valence-electron chi connectivity index (χ3n) is 3.11. The fraction of sp³-hybridized carbons (Fsp3) is 0.0625. The largest absolute Gasteiger partial charge is 0.469 e. The fourth-order valence-corrected chi connectivity index (χ4v) is 2.02. The molecule has 3 rings (SSSR count). The molecular weight excluding hydrogens is 266 g/mol. The number of aryl methyl sites for hydroxylation is 1. The first kappa shape index (κ1) is 13.1. The summed E-state index contributed by atoms with van der Waals surface area (Å²) in [6.07, 6.45) is 4.83. The summed E-state index contributed by atoms with van der Waals surface area (Å²) in [5.41, 5.74) is 4.77. The van der Waals surface area contributed by atoms with Crippen molar-refractivity contribution >= 4 is 23.0 Å². The van der Waals surface area contributed by atoms with E-state index in [0.717, 1.165) is 16.5 Å². The molecule has 5 heteroatoms. The number of hydrazone groups is 1. The van der Waals surface area contributed by atoms with E-state index in [1.54, 1.807) is 25.4 Å². The predicted molar refractivity (Wildman–Crippen MR) is 80.2 cm³/mol. The molecule has 2 heterocycles. The number of aromatic nitrogens is 1. The van der Waals surface area contributed by atoms with Gasteiger partial charge in [0.2, 0.25) is 0 Å². The van der Waals surface area contributed by atoms with Crippen LogP contribution in [0.15, 0.2) is 58.4 Å². The maximum atomic E-state index is 11.8. The van der Waals surface area contributed by atoms with Crippen molar-refractivity contribution in [3.8, 4) is 0 Å². The number of hydrogen-bond acceptors (Lipinski definition) is 4. The van der Waals surface area contributed by atoms with E-state index >= 15 is 0 Å². The van der Waals surface area contributed by atoms with Crippen molar-refractivity contribution in [3.05, 3.63) is 65.7 Å². The van der Waals surface area contributed by atoms with Crippen LogP contribution in [0.5, 0.6) is 0 Å². The number of carbonyl (C=O) groups excluding carboxylic acids is 1. The Morgan fingerprint density at radius 1 is 1.33 bits per heavy atom. The van der Waals surface area contributed by atoms with Crippen molar-refractivity contribution in [3.63, 3.8) is 0 Å². The van der Waals surface area contributed by atoms with E-state index in [9.17, 15) is 4.79 Å². The first-order valence-corrected chi connectivity index (χ1v) is 6.46. The lowest BCUT2D eigenvalue weighted by molar-refractivity contribution is 0.0953. The minimum absolute atomic E-state index is 0.292. The van der Waals surface area contributed by atoms with E-state index < -0.39 is 0 Å². The van der Waals surface area contributed by atoms with Crippen molar-refractivity contribution in [2.24, 2.45) is 5.10 Å². The number of pyridine rings is 1. The molecule has 0 aliphatic carbocycles. The second-order valence-electron chi connectivity index (χ2n) is 4.55. The number of fused-ring (bicyclic) bond motifs is 1. The number of rotatable bonds is 3. The molecule has 3 aromatic rings. The van der Waals surface area contributed by atoms with Crippen LogP contribution >= 0.6 is 0 Å². The normalized spacial score (nSPS) is 11.1. The van der Waals surface area contributed by atoms with Gasteiger partial charge in [-0.05, 0) is 36.8 Å². The van der Waals surface area contributed by atoms with Gasteiger partial charge in [0.05, 0.1) is 23.6 Å². The van der Waals surface area contributed by atoms with E-state index in [1.165, 1.54) is 6.26 Å². The van der Waals surface area contributed by atoms with Crippen molar-refractivity contribution < 1.29 is 9.21 Å². The molecule has 104 valence electrons. The van der Waals surface area contributed by atoms with Crippen LogP contribution < -0.4 is 5.43 Å². The zero-order chi connectivity index (χ0) is 14.7. The number of benzene rings is 1. The minimum atomic E-state index is -0.292. The van der Waals surface area contributed by atoms with Gasteiger partial charge in [-0.15, -0.1) is 0 Å². The van der Waals surface area contributed by atoms with Crippen LogP contribution in [0.25, 0.3) is 10.9 Å². The zero-order valence-corrected chi connectivity index (χ0v) is 11.4. The maximum absolute atomic E-state index is 11.8. The summed E-state index contributed by atoms with van der Waals surface area (Å²) < 4.78 is 5.08. The van der Waals surface area contributed by atoms with E-state index in [0.29, 0.717) is 11.3 Å². The van der Waals surface area contributed by atoms with Gasteiger partial charge in [-0.3, -0.25) is 9.78 Å². The average molecular weight is 279 g/mol. The van der Waals surface area contributed by atoms with Gasteiger partial charge in [-0.2, -0.15) is 5.10 Å². The fourth-order valence-electron chi connectivity index (χ4n) is 2.02. The molecule has 0 aliphatic rings. The number of carbonyl (C=O) groups is 1. The summed E-state index contributed by atoms with van der Waals surface area (Å²) in [7, 11) is 0. The molecule has 0 saturated heterocycles. The lowest BCUT2D eigenvalue weighted by atomic mass is 10.1. The van der Waals surface area contributed by atoms with E-state index in [2.05, 4.69) is 15.5 Å². The summed E-state index contributed by atoms with van der Waals surface area (Å²) >= 11 is 0. The van der Waals surface area contributed by atoms with Gasteiger partial charge < -0.3 is 4.42 Å². The van der Waals surface area contributed by atoms with Crippen LogP contribution in [0.1, 0.15) is 21.7 Å². The molecule has 5 nitrogen and oxygen atoms in total. The molecule has 0 fully saturated rings. The molecule has 1 N–H and O–H groups in total. The maximum Gasteiger partial charge on any atom is 0.274 e. The van der Waals surface area contributed by atoms with Gasteiger partial charge in [0.25, 0.3) is 5.91 Å². The van der Waals surface area contributed by atoms with Crippen molar-refractivity contribution in [2.45, 2.75) is 6.92 Å². The molecule has 0 spiro atoms. The summed E-state index contributed by atoms with van der Waals surface area (Å²) in [4.78, 5) is 16.1. The van der Waals surface area contributed by atoms with Crippen molar-refractivity contribution in [1.82, 2.24) is 10.4 Å². The molecule has 0 aliphatic heterocycles. The van der Waals surface area contributed by atoms with Crippen LogP contribution in [0, 0.1) is 6.92 Å². The van der Waals surface area contributed by atoms with Gasteiger partial charge in [-0.1, -0.05) is 12.1 Å². The number of hydrogen-bond donors (Lipinski definition) is 1. The van der Waals surface area contributed by atoms with Crippen LogP contribution in [0.3, 0.4) is 0 Å². The molecule has 0 radical (unpaired) electrons. The number of nitrogens with one attached hydrogen (secondary N) is 1. The van der Waals surface area contributed by atoms with E-state index in [1.807, 2.05) is 30.3 Å². The van der Waals surface area contributed by atoms with Gasteiger partial charge in [0, 0.05) is 11.6 Å². The Labute approximate surface area is 121 Å². The molecule has 1 amide bonds. The van der Waals surface area contributed by atoms with Crippen LogP contribution in [0.4, 0.5) is 0 Å². The predicted octanol–water partition coefficient (Wildman–Crippen LogP) is 2.90. The highest BCUT2D eigenvalue weighted by molar-refractivity contribution is 5.96. The first-order valence-electron chi connectivity index (χ1n) is 6.46. The highest BCUT2D eigenvalue weighted by Gasteiger charge is 2.09. The van der Waals surface area contributed by atoms with Crippen LogP contribution in [0.2, 0.25) is 0 Å². The smallest absolute Gasteiger partial charge is 0.274 e. The highest BCUT2D eigenvalue weighted by atomic mass is 16.3. The zero-order valence-electron chi connectivity index (χ0n) is 11.4. The van der Waals surface area contributed by atoms with Gasteiger partial charge in [-0.25, -0.2) is 5.43 Å². The van der Waals surface area contributed by atoms with E-state index in [-0.39, 0.29) is 5.91 Å². The van der Waals surface area contributed by atoms with Gasteiger partial charge in [0.1, 0.15) is 5.76 Å². The Morgan fingerprint density at radius 2 is 2.24 bits per heavy atom. The molecule has 0 unspecified atom stereocenters. The summed E-state index contributed by atoms with van der Waals surface area (Å²) in [6.45, 7) is 1.73. The topological polar surface area (TPSA) is 67.5 Å². The Balaban J connectivity index is 1.73. The first-order chi connectivity index (χ1) is 10.2. The third-order valence-corrected chi connectivity index (χ3v) is 3.11. The third kappa shape index (κ3) is 2.81. The average Bonchev–Trinajstić information content (AvgIpc) is 2.93. The molecule has 2 aromatic heterocycles. The van der Waals surface area contributed by atoms with Crippen LogP contribution in [-0.4, -0.2) is 17.1 Å². The number of furan rings is 1. The number of nitrogens with zero attached hydrogens (tertiary/aromatic N) is 2. The van der Waals surface area contributed by atoms with E-state index in [4.69, 9.17) is 4.42 Å². The summed E-state index contributed by atoms with van der Waals surface area (Å²) in [5, 5.41) is 4.99. The standard InChI is InChI=1S/C16H13N3O2/c1-11-14(6-8-21-11)16(20)19-18-10-12-4-5-15-13(9-12)3-2-7-17-15/h2-10H,1H3,(H,19,20)/b18-10+. The van der Waals surface area contributed by atoms with Crippen molar-refractivity contribution in [2.75, 3.05) is 0 Å². The number of amides is 1. The summed E-state index contributed by atoms with van der Waals surface area (Å²) in [6, 6.07) is 11.2. The summed E-state index contributed by atoms with van der Waals surface area (Å²) in [5.74, 6) is 0.277. The molecule has 21 heavy (non-hydrogen) atoms. The molecule has 0 saturated carbocycles. The highest BCUT2D eigenvalue weighted by Crippen LogP contribution is 2.12. The SMILES string of the molecule is Cc1occc1C(=O)N/N=C/c1ccc2ncccc2c1. The lowest BCUT2D eigenvalue weighted by Gasteiger charge is -1.99. The van der Waals surface area contributed by atoms with Crippen molar-refractivity contribution in [1.29, 1.82) is 0 Å². The van der Waals surface area contributed by atoms with Gasteiger partial charge in [0.15, 0.2) is 0 Å². The lowest BCUT2D eigenvalue weighted by Crippen LogP contribution is -2.17. The molecule has 1 aromatic carbocycles. The Hall–Kier alpha value is -2.95. The molecule has 0 atom stereocenters. The van der Waals surface area contributed by atoms with Gasteiger partial charge >= 0.3 is 0 Å². The quantitative estimate of drug-likeness (QED) is 0.592.